The van der Waals surface area contributed by atoms with Crippen LogP contribution in [0.25, 0.3) is 32.2 Å². The molecule has 5 rings (SSSR count). The molecule has 0 bridgehead atoms. The Balaban J connectivity index is 1.58. The molecule has 0 N–H and O–H groups in total. The minimum Gasteiger partial charge on any atom is -0.457 e. The molecular formula is C24H17FN2OS. The summed E-state index contributed by atoms with van der Waals surface area (Å²) in [5.74, 6) is 1.17. The van der Waals surface area contributed by atoms with Gasteiger partial charge in [0, 0.05) is 23.2 Å². The first kappa shape index (κ1) is 17.8. The number of pyridine rings is 1. The Hall–Kier alpha value is -3.31. The lowest BCUT2D eigenvalue weighted by atomic mass is 10.0. The highest BCUT2D eigenvalue weighted by atomic mass is 32.1. The van der Waals surface area contributed by atoms with Crippen molar-refractivity contribution in [2.75, 3.05) is 0 Å². The predicted molar refractivity (Wildman–Crippen MR) is 116 cm³/mol. The Kier molecular flexibility index (Phi) is 4.45. The fourth-order valence-electron chi connectivity index (χ4n) is 3.42. The van der Waals surface area contributed by atoms with E-state index in [0.29, 0.717) is 17.1 Å². The zero-order valence-electron chi connectivity index (χ0n) is 15.7. The summed E-state index contributed by atoms with van der Waals surface area (Å²) in [6.45, 7) is 2.02. The molecule has 0 radical (unpaired) electrons. The number of aromatic nitrogens is 2. The van der Waals surface area contributed by atoms with Gasteiger partial charge in [0.15, 0.2) is 0 Å². The molecule has 0 unspecified atom stereocenters. The number of fused-ring (bicyclic) bond motifs is 2. The van der Waals surface area contributed by atoms with Crippen LogP contribution in [-0.4, -0.2) is 9.97 Å². The van der Waals surface area contributed by atoms with Crippen molar-refractivity contribution in [1.82, 2.24) is 9.97 Å². The van der Waals surface area contributed by atoms with E-state index in [1.165, 1.54) is 0 Å². The number of rotatable bonds is 4. The molecule has 0 aliphatic heterocycles. The highest BCUT2D eigenvalue weighted by Crippen LogP contribution is 2.34. The van der Waals surface area contributed by atoms with E-state index in [-0.39, 0.29) is 5.82 Å². The molecule has 2 aromatic heterocycles. The van der Waals surface area contributed by atoms with Crippen LogP contribution in [0, 0.1) is 5.82 Å². The predicted octanol–water partition coefficient (Wildman–Crippen LogP) is 7.01. The number of thiazole rings is 1. The Labute approximate surface area is 171 Å². The van der Waals surface area contributed by atoms with E-state index in [2.05, 4.69) is 9.97 Å². The van der Waals surface area contributed by atoms with E-state index < -0.39 is 0 Å². The van der Waals surface area contributed by atoms with Crippen molar-refractivity contribution >= 4 is 32.5 Å². The van der Waals surface area contributed by atoms with Gasteiger partial charge in [0.1, 0.15) is 17.3 Å². The van der Waals surface area contributed by atoms with Crippen molar-refractivity contribution in [3.63, 3.8) is 0 Å². The maximum absolute atomic E-state index is 14.6. The number of benzene rings is 3. The van der Waals surface area contributed by atoms with E-state index in [1.807, 2.05) is 67.0 Å². The summed E-state index contributed by atoms with van der Waals surface area (Å²) in [7, 11) is 0. The van der Waals surface area contributed by atoms with Crippen LogP contribution < -0.4 is 4.74 Å². The summed E-state index contributed by atoms with van der Waals surface area (Å²) in [6, 6.07) is 18.8. The minimum absolute atomic E-state index is 0.218. The third-order valence-electron chi connectivity index (χ3n) is 4.98. The second-order valence-electron chi connectivity index (χ2n) is 6.79. The smallest absolute Gasteiger partial charge is 0.138 e. The SMILES string of the molecule is CCc1ccc(-c2ccc3nccc(Oc4ccc5scnc5c4)c3c2)c(F)c1. The third-order valence-corrected chi connectivity index (χ3v) is 5.79. The minimum atomic E-state index is -0.218. The topological polar surface area (TPSA) is 35.0 Å². The van der Waals surface area contributed by atoms with Crippen molar-refractivity contribution in [1.29, 1.82) is 0 Å². The summed E-state index contributed by atoms with van der Waals surface area (Å²) in [4.78, 5) is 8.77. The van der Waals surface area contributed by atoms with Crippen LogP contribution in [0.2, 0.25) is 0 Å². The first-order chi connectivity index (χ1) is 14.2. The summed E-state index contributed by atoms with van der Waals surface area (Å²) in [6.07, 6.45) is 2.52. The Morgan fingerprint density at radius 3 is 2.72 bits per heavy atom. The maximum atomic E-state index is 14.6. The van der Waals surface area contributed by atoms with Gasteiger partial charge in [0.05, 0.1) is 21.2 Å². The number of hydrogen-bond donors (Lipinski definition) is 0. The summed E-state index contributed by atoms with van der Waals surface area (Å²) >= 11 is 1.60. The van der Waals surface area contributed by atoms with Crippen molar-refractivity contribution in [2.45, 2.75) is 13.3 Å². The number of hydrogen-bond acceptors (Lipinski definition) is 4. The van der Waals surface area contributed by atoms with Crippen LogP contribution >= 0.6 is 11.3 Å². The second-order valence-corrected chi connectivity index (χ2v) is 7.68. The van der Waals surface area contributed by atoms with Crippen LogP contribution in [0.4, 0.5) is 4.39 Å². The first-order valence-corrected chi connectivity index (χ1v) is 10.3. The number of ether oxygens (including phenoxy) is 1. The third kappa shape index (κ3) is 3.34. The molecule has 0 aliphatic carbocycles. The zero-order chi connectivity index (χ0) is 19.8. The average molecular weight is 400 g/mol. The molecule has 0 saturated heterocycles. The van der Waals surface area contributed by atoms with Crippen molar-refractivity contribution in [3.8, 4) is 22.6 Å². The number of aryl methyl sites for hydroxylation is 1. The molecule has 0 spiro atoms. The number of nitrogens with zero attached hydrogens (tertiary/aromatic N) is 2. The quantitative estimate of drug-likeness (QED) is 0.326. The molecule has 3 nitrogen and oxygen atoms in total. The van der Waals surface area contributed by atoms with Crippen molar-refractivity contribution < 1.29 is 9.13 Å². The molecule has 2 heterocycles. The van der Waals surface area contributed by atoms with Crippen LogP contribution in [-0.2, 0) is 6.42 Å². The maximum Gasteiger partial charge on any atom is 0.138 e. The molecule has 29 heavy (non-hydrogen) atoms. The Morgan fingerprint density at radius 1 is 0.931 bits per heavy atom. The van der Waals surface area contributed by atoms with Gasteiger partial charge in [-0.1, -0.05) is 25.1 Å². The van der Waals surface area contributed by atoms with Crippen molar-refractivity contribution in [2.24, 2.45) is 0 Å². The van der Waals surface area contributed by atoms with Gasteiger partial charge in [0.25, 0.3) is 0 Å². The van der Waals surface area contributed by atoms with Gasteiger partial charge in [-0.2, -0.15) is 0 Å². The zero-order valence-corrected chi connectivity index (χ0v) is 16.5. The Morgan fingerprint density at radius 2 is 1.86 bits per heavy atom. The van der Waals surface area contributed by atoms with E-state index in [1.54, 1.807) is 23.6 Å². The van der Waals surface area contributed by atoms with Gasteiger partial charge in [-0.25, -0.2) is 9.37 Å². The van der Waals surface area contributed by atoms with Crippen LogP contribution in [0.1, 0.15) is 12.5 Å². The number of halogens is 1. The highest BCUT2D eigenvalue weighted by Gasteiger charge is 2.11. The van der Waals surface area contributed by atoms with Gasteiger partial charge < -0.3 is 4.74 Å². The fourth-order valence-corrected chi connectivity index (χ4v) is 4.08. The van der Waals surface area contributed by atoms with Crippen LogP contribution in [0.15, 0.2) is 72.4 Å². The Bertz CT molecular complexity index is 1350. The summed E-state index contributed by atoms with van der Waals surface area (Å²) in [5.41, 5.74) is 5.88. The second kappa shape index (κ2) is 7.26. The summed E-state index contributed by atoms with van der Waals surface area (Å²) < 4.78 is 21.9. The highest BCUT2D eigenvalue weighted by molar-refractivity contribution is 7.16. The molecule has 5 heteroatoms. The summed E-state index contributed by atoms with van der Waals surface area (Å²) in [5, 5.41) is 0.836. The van der Waals surface area contributed by atoms with Crippen LogP contribution in [0.3, 0.4) is 0 Å². The molecule has 142 valence electrons. The van der Waals surface area contributed by atoms with E-state index in [9.17, 15) is 4.39 Å². The lowest BCUT2D eigenvalue weighted by Gasteiger charge is -2.11. The van der Waals surface area contributed by atoms with Crippen molar-refractivity contribution in [3.05, 3.63) is 83.8 Å². The lowest BCUT2D eigenvalue weighted by molar-refractivity contribution is 0.488. The molecule has 0 atom stereocenters. The van der Waals surface area contributed by atoms with E-state index >= 15 is 0 Å². The largest absolute Gasteiger partial charge is 0.457 e. The van der Waals surface area contributed by atoms with Gasteiger partial charge in [-0.15, -0.1) is 11.3 Å². The molecule has 0 amide bonds. The first-order valence-electron chi connectivity index (χ1n) is 9.40. The molecule has 5 aromatic rings. The molecule has 0 saturated carbocycles. The van der Waals surface area contributed by atoms with Gasteiger partial charge >= 0.3 is 0 Å². The normalized spacial score (nSPS) is 11.2. The molecular weight excluding hydrogens is 383 g/mol. The standard InChI is InChI=1S/C24H17FN2OS/c1-2-15-3-6-18(20(25)11-15)16-4-7-21-19(12-16)23(9-10-26-21)28-17-5-8-24-22(13-17)27-14-29-24/h3-14H,2H2,1H3. The van der Waals surface area contributed by atoms with Gasteiger partial charge in [-0.05, 0) is 53.9 Å². The lowest BCUT2D eigenvalue weighted by Crippen LogP contribution is -1.91. The van der Waals surface area contributed by atoms with E-state index in [0.717, 1.165) is 38.7 Å². The molecule has 0 aliphatic rings. The fraction of sp³-hybridized carbons (Fsp3) is 0.0833. The molecule has 3 aromatic carbocycles. The van der Waals surface area contributed by atoms with E-state index in [4.69, 9.17) is 4.74 Å². The van der Waals surface area contributed by atoms with Gasteiger partial charge in [-0.3, -0.25) is 4.98 Å². The monoisotopic (exact) mass is 400 g/mol. The van der Waals surface area contributed by atoms with Gasteiger partial charge in [0.2, 0.25) is 0 Å². The van der Waals surface area contributed by atoms with Crippen LogP contribution in [0.5, 0.6) is 11.5 Å². The average Bonchev–Trinajstić information content (AvgIpc) is 3.21. The molecule has 0 fully saturated rings.